The van der Waals surface area contributed by atoms with Gasteiger partial charge in [-0.3, -0.25) is 0 Å². The summed E-state index contributed by atoms with van der Waals surface area (Å²) in [5.41, 5.74) is 2.73. The van der Waals surface area contributed by atoms with E-state index >= 15 is 0 Å². The summed E-state index contributed by atoms with van der Waals surface area (Å²) in [5, 5.41) is 9.95. The van der Waals surface area contributed by atoms with E-state index < -0.39 is 5.97 Å². The molecule has 48 heavy (non-hydrogen) atoms. The lowest BCUT2D eigenvalue weighted by Crippen LogP contribution is -2.07. The first kappa shape index (κ1) is 36.0. The predicted octanol–water partition coefficient (Wildman–Crippen LogP) is 9.66. The summed E-state index contributed by atoms with van der Waals surface area (Å²) in [6.45, 7) is 8.98. The topological polar surface area (TPSA) is 92.7 Å². The molecule has 0 heterocycles. The number of hydrogen-bond acceptors (Lipinski definition) is 7. The molecule has 0 aliphatic heterocycles. The maximum Gasteiger partial charge on any atom is 0.335 e. The van der Waals surface area contributed by atoms with Crippen LogP contribution in [0, 0.1) is 0 Å². The number of rotatable bonds is 22. The fourth-order valence-electron chi connectivity index (χ4n) is 4.58. The van der Waals surface area contributed by atoms with Crippen LogP contribution in [0.3, 0.4) is 0 Å². The van der Waals surface area contributed by atoms with Crippen LogP contribution in [0.2, 0.25) is 0 Å². The highest BCUT2D eigenvalue weighted by atomic mass is 16.5. The predicted molar refractivity (Wildman–Crippen MR) is 187 cm³/mol. The molecular weight excluding hydrogens is 608 g/mol. The molecule has 0 bridgehead atoms. The van der Waals surface area contributed by atoms with E-state index in [2.05, 4.69) is 20.8 Å². The van der Waals surface area contributed by atoms with Crippen molar-refractivity contribution in [3.8, 4) is 34.5 Å². The molecule has 0 spiro atoms. The van der Waals surface area contributed by atoms with Crippen LogP contribution in [0.1, 0.15) is 86.3 Å². The average Bonchev–Trinajstić information content (AvgIpc) is 3.11. The Kier molecular flexibility index (Phi) is 14.8. The molecule has 4 rings (SSSR count). The largest absolute Gasteiger partial charge is 0.494 e. The zero-order chi connectivity index (χ0) is 34.0. The molecule has 8 heteroatoms. The van der Waals surface area contributed by atoms with Gasteiger partial charge in [0, 0.05) is 0 Å². The van der Waals surface area contributed by atoms with Gasteiger partial charge >= 0.3 is 5.97 Å². The van der Waals surface area contributed by atoms with Crippen LogP contribution in [0.5, 0.6) is 34.5 Å². The average molecular weight is 657 g/mol. The second-order valence-electron chi connectivity index (χ2n) is 11.5. The molecule has 1 N–H and O–H groups in total. The number of benzene rings is 4. The van der Waals surface area contributed by atoms with E-state index in [-0.39, 0.29) is 36.9 Å². The summed E-state index contributed by atoms with van der Waals surface area (Å²) in [6, 6.07) is 26.0. The number of carboxylic acids is 1. The molecular formula is C40H48O8. The van der Waals surface area contributed by atoms with Crippen molar-refractivity contribution in [1.82, 2.24) is 0 Å². The summed E-state index contributed by atoms with van der Waals surface area (Å²) < 4.78 is 36.1. The van der Waals surface area contributed by atoms with Crippen molar-refractivity contribution >= 4 is 5.97 Å². The highest BCUT2D eigenvalue weighted by Crippen LogP contribution is 2.40. The Labute approximate surface area is 284 Å². The van der Waals surface area contributed by atoms with Crippen molar-refractivity contribution in [2.75, 3.05) is 19.8 Å². The fraction of sp³-hybridized carbons (Fsp3) is 0.375. The van der Waals surface area contributed by atoms with Crippen LogP contribution in [0.15, 0.2) is 84.9 Å². The van der Waals surface area contributed by atoms with Crippen LogP contribution in [0.4, 0.5) is 0 Å². The van der Waals surface area contributed by atoms with E-state index in [9.17, 15) is 9.90 Å². The van der Waals surface area contributed by atoms with Gasteiger partial charge in [-0.05, 0) is 84.5 Å². The summed E-state index contributed by atoms with van der Waals surface area (Å²) in [5.74, 6) is 2.15. The van der Waals surface area contributed by atoms with E-state index in [1.165, 1.54) is 12.1 Å². The third-order valence-corrected chi connectivity index (χ3v) is 7.51. The Morgan fingerprint density at radius 2 is 0.833 bits per heavy atom. The van der Waals surface area contributed by atoms with Gasteiger partial charge in [0.2, 0.25) is 5.75 Å². The molecule has 8 nitrogen and oxygen atoms in total. The van der Waals surface area contributed by atoms with Gasteiger partial charge in [-0.1, -0.05) is 76.4 Å². The quantitative estimate of drug-likeness (QED) is 0.0836. The van der Waals surface area contributed by atoms with Gasteiger partial charge in [0.05, 0.1) is 25.4 Å². The first-order valence-corrected chi connectivity index (χ1v) is 16.9. The lowest BCUT2D eigenvalue weighted by atomic mass is 10.1. The first-order chi connectivity index (χ1) is 23.5. The summed E-state index contributed by atoms with van der Waals surface area (Å²) in [7, 11) is 0. The molecule has 0 amide bonds. The lowest BCUT2D eigenvalue weighted by molar-refractivity contribution is 0.0695. The van der Waals surface area contributed by atoms with Gasteiger partial charge in [0.1, 0.15) is 37.1 Å². The van der Waals surface area contributed by atoms with Crippen molar-refractivity contribution in [3.05, 3.63) is 107 Å². The van der Waals surface area contributed by atoms with E-state index in [1.54, 1.807) is 0 Å². The zero-order valence-corrected chi connectivity index (χ0v) is 28.4. The number of unbranched alkanes of at least 4 members (excludes halogenated alkanes) is 3. The fourth-order valence-corrected chi connectivity index (χ4v) is 4.58. The molecule has 0 aromatic heterocycles. The Morgan fingerprint density at radius 3 is 1.15 bits per heavy atom. The minimum atomic E-state index is -1.10. The third-order valence-electron chi connectivity index (χ3n) is 7.51. The van der Waals surface area contributed by atoms with Gasteiger partial charge in [-0.2, -0.15) is 0 Å². The Balaban J connectivity index is 1.54. The maximum absolute atomic E-state index is 12.2. The maximum atomic E-state index is 12.2. The summed E-state index contributed by atoms with van der Waals surface area (Å²) in [6.07, 6.45) is 6.18. The Morgan fingerprint density at radius 1 is 0.500 bits per heavy atom. The second kappa shape index (κ2) is 19.7. The second-order valence-corrected chi connectivity index (χ2v) is 11.5. The van der Waals surface area contributed by atoms with E-state index in [4.69, 9.17) is 28.4 Å². The van der Waals surface area contributed by atoms with Gasteiger partial charge in [-0.15, -0.1) is 0 Å². The summed E-state index contributed by atoms with van der Waals surface area (Å²) >= 11 is 0. The van der Waals surface area contributed by atoms with Crippen molar-refractivity contribution in [1.29, 1.82) is 0 Å². The molecule has 0 aliphatic carbocycles. The highest BCUT2D eigenvalue weighted by molar-refractivity contribution is 5.89. The number of carbonyl (C=O) groups is 1. The minimum absolute atomic E-state index is 0.0280. The van der Waals surface area contributed by atoms with E-state index in [0.29, 0.717) is 25.6 Å². The smallest absolute Gasteiger partial charge is 0.335 e. The monoisotopic (exact) mass is 656 g/mol. The third kappa shape index (κ3) is 11.7. The van der Waals surface area contributed by atoms with Crippen LogP contribution < -0.4 is 28.4 Å². The van der Waals surface area contributed by atoms with E-state index in [0.717, 1.165) is 72.5 Å². The summed E-state index contributed by atoms with van der Waals surface area (Å²) in [4.78, 5) is 12.2. The van der Waals surface area contributed by atoms with E-state index in [1.807, 2.05) is 72.8 Å². The molecule has 0 saturated heterocycles. The molecule has 0 unspecified atom stereocenters. The molecule has 0 saturated carbocycles. The number of ether oxygens (including phenoxy) is 6. The molecule has 0 fully saturated rings. The first-order valence-electron chi connectivity index (χ1n) is 16.9. The SMILES string of the molecule is CCCCOc1ccc(COc2cc(C(=O)O)cc(OCc3ccc(OCCCC)cc3)c2OCc2ccc(OCCCC)cc2)cc1. The van der Waals surface area contributed by atoms with Crippen molar-refractivity contribution in [2.24, 2.45) is 0 Å². The number of carboxylic acid groups (broad SMARTS) is 1. The van der Waals surface area contributed by atoms with Crippen LogP contribution in [0.25, 0.3) is 0 Å². The van der Waals surface area contributed by atoms with Crippen LogP contribution >= 0.6 is 0 Å². The normalized spacial score (nSPS) is 10.7. The lowest BCUT2D eigenvalue weighted by Gasteiger charge is -2.18. The van der Waals surface area contributed by atoms with Gasteiger partial charge < -0.3 is 33.5 Å². The van der Waals surface area contributed by atoms with Crippen molar-refractivity contribution in [3.63, 3.8) is 0 Å². The van der Waals surface area contributed by atoms with Crippen LogP contribution in [-0.2, 0) is 19.8 Å². The number of aromatic carboxylic acids is 1. The molecule has 0 atom stereocenters. The van der Waals surface area contributed by atoms with Gasteiger partial charge in [0.25, 0.3) is 0 Å². The molecule has 256 valence electrons. The zero-order valence-electron chi connectivity index (χ0n) is 28.4. The standard InChI is InChI=1S/C40H48O8/c1-4-7-22-43-34-16-10-30(11-17-34)27-46-37-25-33(40(41)42)26-38(47-28-31-12-18-35(19-13-31)44-23-8-5-2)39(37)48-29-32-14-20-36(21-15-32)45-24-9-6-3/h10-21,25-26H,4-9,22-24,27-29H2,1-3H3,(H,41,42). The van der Waals surface area contributed by atoms with Crippen molar-refractivity contribution in [2.45, 2.75) is 79.1 Å². The highest BCUT2D eigenvalue weighted by Gasteiger charge is 2.19. The van der Waals surface area contributed by atoms with Gasteiger partial charge in [0.15, 0.2) is 11.5 Å². The van der Waals surface area contributed by atoms with Crippen molar-refractivity contribution < 1.29 is 38.3 Å². The molecule has 4 aromatic carbocycles. The molecule has 4 aromatic rings. The van der Waals surface area contributed by atoms with Gasteiger partial charge in [-0.25, -0.2) is 4.79 Å². The minimum Gasteiger partial charge on any atom is -0.494 e. The molecule has 0 aliphatic rings. The Hall–Kier alpha value is -4.85. The van der Waals surface area contributed by atoms with Crippen LogP contribution in [-0.4, -0.2) is 30.9 Å². The molecule has 0 radical (unpaired) electrons. The number of hydrogen-bond donors (Lipinski definition) is 1. The Bertz CT molecular complexity index is 1440.